The summed E-state index contributed by atoms with van der Waals surface area (Å²) in [7, 11) is 0. The fourth-order valence-corrected chi connectivity index (χ4v) is 4.33. The van der Waals surface area contributed by atoms with Crippen LogP contribution >= 0.6 is 24.2 Å². The maximum atomic E-state index is 11.8. The van der Waals surface area contributed by atoms with Crippen LogP contribution < -0.4 is 0 Å². The zero-order valence-corrected chi connectivity index (χ0v) is 19.2. The van der Waals surface area contributed by atoms with E-state index in [1.165, 1.54) is 70.6 Å². The number of thiol groups is 1. The maximum absolute atomic E-state index is 11.8. The Morgan fingerprint density at radius 2 is 1.32 bits per heavy atom. The lowest BCUT2D eigenvalue weighted by Crippen LogP contribution is -2.39. The predicted octanol–water partition coefficient (Wildman–Crippen LogP) is 7.99. The van der Waals surface area contributed by atoms with Gasteiger partial charge in [0.15, 0.2) is 4.75 Å². The number of carboxylic acids is 1. The lowest BCUT2D eigenvalue weighted by atomic mass is 9.91. The molecular formula is C24H39ClO2S. The maximum Gasteiger partial charge on any atom is 0.325 e. The van der Waals surface area contributed by atoms with E-state index in [4.69, 9.17) is 11.6 Å². The molecule has 0 amide bonds. The van der Waals surface area contributed by atoms with Crippen LogP contribution in [0.1, 0.15) is 102 Å². The third-order valence-corrected chi connectivity index (χ3v) is 7.01. The number of unbranched alkanes of at least 4 members (excludes halogenated alkanes) is 12. The molecule has 1 aromatic rings. The molecule has 0 saturated carbocycles. The zero-order chi connectivity index (χ0) is 20.7. The number of aliphatic carboxylic acids is 1. The lowest BCUT2D eigenvalue weighted by molar-refractivity contribution is -0.140. The molecule has 4 heteroatoms. The fourth-order valence-electron chi connectivity index (χ4n) is 3.68. The van der Waals surface area contributed by atoms with Crippen molar-refractivity contribution in [2.75, 3.05) is 0 Å². The van der Waals surface area contributed by atoms with Crippen molar-refractivity contribution in [1.82, 2.24) is 0 Å². The van der Waals surface area contributed by atoms with Crippen molar-refractivity contribution in [3.8, 4) is 0 Å². The Hall–Kier alpha value is -0.670. The van der Waals surface area contributed by atoms with Gasteiger partial charge in [-0.1, -0.05) is 121 Å². The van der Waals surface area contributed by atoms with Crippen LogP contribution in [0.4, 0.5) is 0 Å². The zero-order valence-electron chi connectivity index (χ0n) is 17.5. The van der Waals surface area contributed by atoms with E-state index < -0.39 is 16.1 Å². The summed E-state index contributed by atoms with van der Waals surface area (Å²) in [6, 6.07) is 9.12. The molecule has 1 N–H and O–H groups in total. The quantitative estimate of drug-likeness (QED) is 0.150. The lowest BCUT2D eigenvalue weighted by Gasteiger charge is -2.29. The van der Waals surface area contributed by atoms with Crippen LogP contribution in [0, 0.1) is 0 Å². The Morgan fingerprint density at radius 3 is 1.75 bits per heavy atom. The third-order valence-electron chi connectivity index (χ3n) is 5.55. The second-order valence-corrected chi connectivity index (χ2v) is 9.17. The first-order chi connectivity index (χ1) is 13.5. The summed E-state index contributed by atoms with van der Waals surface area (Å²) >= 11 is 11.0. The van der Waals surface area contributed by atoms with Gasteiger partial charge in [-0.15, -0.1) is 11.6 Å². The van der Waals surface area contributed by atoms with Crippen LogP contribution in [0.25, 0.3) is 0 Å². The Bertz CT molecular complexity index is 523. The molecule has 0 saturated heterocycles. The molecule has 0 radical (unpaired) electrons. The minimum absolute atomic E-state index is 0.525. The average Bonchev–Trinajstić information content (AvgIpc) is 2.71. The van der Waals surface area contributed by atoms with Crippen LogP contribution in [0.3, 0.4) is 0 Å². The van der Waals surface area contributed by atoms with E-state index in [2.05, 4.69) is 19.6 Å². The molecule has 0 fully saturated rings. The molecule has 0 spiro atoms. The molecule has 28 heavy (non-hydrogen) atoms. The third kappa shape index (κ3) is 9.22. The number of alkyl halides is 1. The van der Waals surface area contributed by atoms with E-state index in [0.29, 0.717) is 12.0 Å². The van der Waals surface area contributed by atoms with E-state index in [1.807, 2.05) is 18.2 Å². The second kappa shape index (κ2) is 15.2. The summed E-state index contributed by atoms with van der Waals surface area (Å²) in [6.45, 7) is 2.26. The number of carboxylic acid groups (broad SMARTS) is 1. The molecule has 0 heterocycles. The molecule has 160 valence electrons. The first kappa shape index (κ1) is 25.4. The van der Waals surface area contributed by atoms with Gasteiger partial charge in [0.05, 0.1) is 5.38 Å². The molecular weight excluding hydrogens is 388 g/mol. The summed E-state index contributed by atoms with van der Waals surface area (Å²) in [6.07, 6.45) is 17.5. The van der Waals surface area contributed by atoms with Gasteiger partial charge < -0.3 is 5.11 Å². The minimum atomic E-state index is -1.33. The number of hydrogen-bond donors (Lipinski definition) is 2. The van der Waals surface area contributed by atoms with Crippen molar-refractivity contribution >= 4 is 30.2 Å². The number of carbonyl (C=O) groups is 1. The number of rotatable bonds is 17. The normalized spacial score (nSPS) is 14.5. The smallest absolute Gasteiger partial charge is 0.325 e. The summed E-state index contributed by atoms with van der Waals surface area (Å²) in [5.41, 5.74) is 0.653. The van der Waals surface area contributed by atoms with E-state index in [-0.39, 0.29) is 0 Å². The van der Waals surface area contributed by atoms with E-state index in [9.17, 15) is 9.90 Å². The van der Waals surface area contributed by atoms with Gasteiger partial charge in [-0.25, -0.2) is 0 Å². The van der Waals surface area contributed by atoms with Crippen molar-refractivity contribution in [2.45, 2.75) is 107 Å². The van der Waals surface area contributed by atoms with Crippen LogP contribution in [-0.2, 0) is 9.54 Å². The molecule has 0 aliphatic carbocycles. The first-order valence-electron chi connectivity index (χ1n) is 11.2. The number of halogens is 1. The highest BCUT2D eigenvalue weighted by molar-refractivity contribution is 7.82. The molecule has 0 aliphatic rings. The Balaban J connectivity index is 2.13. The molecule has 2 atom stereocenters. The monoisotopic (exact) mass is 426 g/mol. The van der Waals surface area contributed by atoms with Gasteiger partial charge in [-0.05, 0) is 12.0 Å². The van der Waals surface area contributed by atoms with Gasteiger partial charge >= 0.3 is 5.97 Å². The number of benzene rings is 1. The van der Waals surface area contributed by atoms with Crippen molar-refractivity contribution < 1.29 is 9.90 Å². The van der Waals surface area contributed by atoms with E-state index >= 15 is 0 Å². The van der Waals surface area contributed by atoms with Gasteiger partial charge in [-0.3, -0.25) is 4.79 Å². The molecule has 1 aromatic carbocycles. The van der Waals surface area contributed by atoms with Gasteiger partial charge in [0.2, 0.25) is 0 Å². The average molecular weight is 427 g/mol. The topological polar surface area (TPSA) is 37.3 Å². The molecule has 0 aromatic heterocycles. The van der Waals surface area contributed by atoms with Crippen LogP contribution in [0.2, 0.25) is 0 Å². The number of hydrogen-bond acceptors (Lipinski definition) is 2. The summed E-state index contributed by atoms with van der Waals surface area (Å²) in [4.78, 5) is 11.8. The predicted molar refractivity (Wildman–Crippen MR) is 125 cm³/mol. The van der Waals surface area contributed by atoms with Gasteiger partial charge in [0.25, 0.3) is 0 Å². The molecule has 0 bridgehead atoms. The van der Waals surface area contributed by atoms with Crippen LogP contribution in [-0.4, -0.2) is 16.5 Å². The molecule has 2 unspecified atom stereocenters. The highest BCUT2D eigenvalue weighted by atomic mass is 35.5. The van der Waals surface area contributed by atoms with Crippen molar-refractivity contribution in [2.24, 2.45) is 0 Å². The summed E-state index contributed by atoms with van der Waals surface area (Å²) < 4.78 is -1.33. The minimum Gasteiger partial charge on any atom is -0.480 e. The van der Waals surface area contributed by atoms with Gasteiger partial charge in [-0.2, -0.15) is 12.6 Å². The Labute approximate surface area is 182 Å². The van der Waals surface area contributed by atoms with Gasteiger partial charge in [0.1, 0.15) is 0 Å². The van der Waals surface area contributed by atoms with E-state index in [1.54, 1.807) is 12.1 Å². The highest BCUT2D eigenvalue weighted by Gasteiger charge is 2.43. The highest BCUT2D eigenvalue weighted by Crippen LogP contribution is 2.38. The van der Waals surface area contributed by atoms with Crippen LogP contribution in [0.5, 0.6) is 0 Å². The van der Waals surface area contributed by atoms with Crippen molar-refractivity contribution in [3.05, 3.63) is 35.9 Å². The SMILES string of the molecule is CCCCCCCCCCCCCCCC(Cl)C(S)(C(=O)O)c1ccccc1. The van der Waals surface area contributed by atoms with Crippen molar-refractivity contribution in [3.63, 3.8) is 0 Å². The summed E-state index contributed by atoms with van der Waals surface area (Å²) in [5.74, 6) is -0.975. The Kier molecular flexibility index (Phi) is 13.8. The van der Waals surface area contributed by atoms with Gasteiger partial charge in [0, 0.05) is 0 Å². The molecule has 2 nitrogen and oxygen atoms in total. The molecule has 1 rings (SSSR count). The largest absolute Gasteiger partial charge is 0.480 e. The second-order valence-electron chi connectivity index (χ2n) is 7.94. The van der Waals surface area contributed by atoms with Crippen LogP contribution in [0.15, 0.2) is 30.3 Å². The molecule has 0 aliphatic heterocycles. The summed E-state index contributed by atoms with van der Waals surface area (Å²) in [5, 5.41) is 9.17. The standard InChI is InChI=1S/C24H39ClO2S/c1-2-3-4-5-6-7-8-9-10-11-12-13-17-20-22(25)24(28,23(26)27)21-18-15-14-16-19-21/h14-16,18-19,22,28H,2-13,17,20H2,1H3,(H,26,27). The van der Waals surface area contributed by atoms with E-state index in [0.717, 1.165) is 12.8 Å². The first-order valence-corrected chi connectivity index (χ1v) is 12.1. The van der Waals surface area contributed by atoms with Crippen molar-refractivity contribution in [1.29, 1.82) is 0 Å². The fraction of sp³-hybridized carbons (Fsp3) is 0.708. The Morgan fingerprint density at radius 1 is 0.893 bits per heavy atom.